The van der Waals surface area contributed by atoms with E-state index in [9.17, 15) is 9.90 Å². The summed E-state index contributed by atoms with van der Waals surface area (Å²) in [7, 11) is -2.04. The van der Waals surface area contributed by atoms with Crippen molar-refractivity contribution < 1.29 is 23.5 Å². The quantitative estimate of drug-likeness (QED) is 0.330. The Labute approximate surface area is 146 Å². The molecule has 1 N–H and O–H groups in total. The maximum absolute atomic E-state index is 11.5. The third-order valence-corrected chi connectivity index (χ3v) is 8.38. The molecule has 0 aromatic carbocycles. The zero-order valence-electron chi connectivity index (χ0n) is 15.2. The highest BCUT2D eigenvalue weighted by molar-refractivity contribution is 6.66. The monoisotopic (exact) mass is 356 g/mol. The van der Waals surface area contributed by atoms with Gasteiger partial charge in [0.25, 0.3) is 0 Å². The standard InChI is InChI=1S/C18H32O5Si/c1-4-22-24(3,23-5-2)12-6-10-21-11-9-16-14-7-8-15(13-14)17(16)18(19)20/h7-8,14-17H,4-6,9-13H2,1-3H3,(H,19,20). The number of carboxylic acids is 1. The van der Waals surface area contributed by atoms with E-state index >= 15 is 0 Å². The van der Waals surface area contributed by atoms with Crippen LogP contribution in [0.3, 0.4) is 0 Å². The Morgan fingerprint density at radius 3 is 2.46 bits per heavy atom. The molecule has 0 radical (unpaired) electrons. The normalized spacial score (nSPS) is 28.6. The van der Waals surface area contributed by atoms with Gasteiger partial charge < -0.3 is 18.7 Å². The first-order valence-corrected chi connectivity index (χ1v) is 11.8. The van der Waals surface area contributed by atoms with Gasteiger partial charge in [-0.2, -0.15) is 0 Å². The van der Waals surface area contributed by atoms with Gasteiger partial charge in [-0.25, -0.2) is 0 Å². The van der Waals surface area contributed by atoms with E-state index in [1.807, 2.05) is 13.8 Å². The molecule has 0 amide bonds. The molecular weight excluding hydrogens is 324 g/mol. The minimum absolute atomic E-state index is 0.213. The van der Waals surface area contributed by atoms with Gasteiger partial charge in [0, 0.05) is 26.4 Å². The molecule has 0 spiro atoms. The summed E-state index contributed by atoms with van der Waals surface area (Å²) in [4.78, 5) is 11.5. The van der Waals surface area contributed by atoms with Crippen LogP contribution in [0.5, 0.6) is 0 Å². The lowest BCUT2D eigenvalue weighted by atomic mass is 9.81. The van der Waals surface area contributed by atoms with Crippen molar-refractivity contribution in [2.45, 2.75) is 45.7 Å². The molecule has 0 aromatic heterocycles. The van der Waals surface area contributed by atoms with Crippen molar-refractivity contribution in [3.63, 3.8) is 0 Å². The molecule has 5 nitrogen and oxygen atoms in total. The van der Waals surface area contributed by atoms with Crippen LogP contribution in [0.4, 0.5) is 0 Å². The zero-order valence-corrected chi connectivity index (χ0v) is 16.2. The molecule has 4 atom stereocenters. The van der Waals surface area contributed by atoms with Gasteiger partial charge >= 0.3 is 14.5 Å². The summed E-state index contributed by atoms with van der Waals surface area (Å²) in [6, 6.07) is 0.934. The Kier molecular flexibility index (Phi) is 7.47. The van der Waals surface area contributed by atoms with Crippen LogP contribution in [0.15, 0.2) is 12.2 Å². The molecule has 0 aromatic rings. The molecule has 1 fully saturated rings. The predicted octanol–water partition coefficient (Wildman–Crippen LogP) is 3.45. The second-order valence-corrected chi connectivity index (χ2v) is 10.3. The number of ether oxygens (including phenoxy) is 1. The van der Waals surface area contributed by atoms with Crippen LogP contribution in [0.2, 0.25) is 12.6 Å². The van der Waals surface area contributed by atoms with E-state index in [0.29, 0.717) is 32.3 Å². The van der Waals surface area contributed by atoms with Crippen LogP contribution in [-0.4, -0.2) is 46.1 Å². The number of hydrogen-bond donors (Lipinski definition) is 1. The summed E-state index contributed by atoms with van der Waals surface area (Å²) in [6.07, 6.45) is 7.08. The van der Waals surface area contributed by atoms with E-state index in [1.54, 1.807) is 0 Å². The Hall–Kier alpha value is -0.693. The van der Waals surface area contributed by atoms with Crippen LogP contribution in [0, 0.1) is 23.7 Å². The lowest BCUT2D eigenvalue weighted by Crippen LogP contribution is -2.38. The smallest absolute Gasteiger partial charge is 0.334 e. The van der Waals surface area contributed by atoms with Crippen LogP contribution in [0.1, 0.15) is 33.1 Å². The maximum Gasteiger partial charge on any atom is 0.334 e. The van der Waals surface area contributed by atoms with Crippen LogP contribution in [0.25, 0.3) is 0 Å². The summed E-state index contributed by atoms with van der Waals surface area (Å²) in [5.74, 6) is 0.0548. The average molecular weight is 357 g/mol. The number of fused-ring (bicyclic) bond motifs is 2. The predicted molar refractivity (Wildman–Crippen MR) is 95.1 cm³/mol. The van der Waals surface area contributed by atoms with Crippen molar-refractivity contribution in [2.24, 2.45) is 23.7 Å². The van der Waals surface area contributed by atoms with E-state index in [-0.39, 0.29) is 17.8 Å². The van der Waals surface area contributed by atoms with Crippen LogP contribution < -0.4 is 0 Å². The molecule has 1 saturated carbocycles. The number of aliphatic carboxylic acids is 1. The van der Waals surface area contributed by atoms with Crippen molar-refractivity contribution in [3.8, 4) is 0 Å². The van der Waals surface area contributed by atoms with E-state index < -0.39 is 14.5 Å². The first-order valence-electron chi connectivity index (χ1n) is 9.27. The van der Waals surface area contributed by atoms with Gasteiger partial charge in [0.05, 0.1) is 5.92 Å². The van der Waals surface area contributed by atoms with E-state index in [1.165, 1.54) is 0 Å². The molecular formula is C18H32O5Si. The maximum atomic E-state index is 11.5. The fourth-order valence-corrected chi connectivity index (χ4v) is 6.68. The van der Waals surface area contributed by atoms with Crippen molar-refractivity contribution in [1.29, 1.82) is 0 Å². The second-order valence-electron chi connectivity index (χ2n) is 6.98. The summed E-state index contributed by atoms with van der Waals surface area (Å²) in [5.41, 5.74) is 0. The molecule has 2 aliphatic carbocycles. The van der Waals surface area contributed by atoms with E-state index in [0.717, 1.165) is 25.3 Å². The Morgan fingerprint density at radius 1 is 1.17 bits per heavy atom. The largest absolute Gasteiger partial charge is 0.481 e. The zero-order chi connectivity index (χ0) is 17.6. The highest BCUT2D eigenvalue weighted by atomic mass is 28.4. The SMILES string of the molecule is CCO[Si](C)(CCCOCCC1C2C=CC(C2)C1C(=O)O)OCC. The Balaban J connectivity index is 1.65. The first-order chi connectivity index (χ1) is 11.5. The number of carboxylic acid groups (broad SMARTS) is 1. The summed E-state index contributed by atoms with van der Waals surface area (Å²) >= 11 is 0. The lowest BCUT2D eigenvalue weighted by Gasteiger charge is -2.26. The van der Waals surface area contributed by atoms with Crippen LogP contribution >= 0.6 is 0 Å². The molecule has 4 unspecified atom stereocenters. The molecule has 0 aliphatic heterocycles. The van der Waals surface area contributed by atoms with Crippen molar-refractivity contribution >= 4 is 14.5 Å². The summed E-state index contributed by atoms with van der Waals surface area (Å²) in [5, 5.41) is 9.44. The lowest BCUT2D eigenvalue weighted by molar-refractivity contribution is -0.144. The van der Waals surface area contributed by atoms with Gasteiger partial charge in [-0.05, 0) is 63.5 Å². The minimum atomic E-state index is -2.04. The minimum Gasteiger partial charge on any atom is -0.481 e. The van der Waals surface area contributed by atoms with Gasteiger partial charge in [0.15, 0.2) is 0 Å². The summed E-state index contributed by atoms with van der Waals surface area (Å²) < 4.78 is 17.4. The van der Waals surface area contributed by atoms with E-state index in [4.69, 9.17) is 13.6 Å². The van der Waals surface area contributed by atoms with Gasteiger partial charge in [-0.3, -0.25) is 4.79 Å². The fourth-order valence-electron chi connectivity index (χ4n) is 4.30. The molecule has 24 heavy (non-hydrogen) atoms. The van der Waals surface area contributed by atoms with Crippen molar-refractivity contribution in [3.05, 3.63) is 12.2 Å². The fraction of sp³-hybridized carbons (Fsp3) is 0.833. The number of carbonyl (C=O) groups is 1. The highest BCUT2D eigenvalue weighted by Crippen LogP contribution is 2.49. The molecule has 0 saturated heterocycles. The molecule has 2 rings (SSSR count). The molecule has 6 heteroatoms. The Bertz CT molecular complexity index is 433. The van der Waals surface area contributed by atoms with Gasteiger partial charge in [-0.1, -0.05) is 12.2 Å². The number of hydrogen-bond acceptors (Lipinski definition) is 4. The number of rotatable bonds is 12. The van der Waals surface area contributed by atoms with Gasteiger partial charge in [0.1, 0.15) is 0 Å². The average Bonchev–Trinajstić information content (AvgIpc) is 3.12. The highest BCUT2D eigenvalue weighted by Gasteiger charge is 2.47. The summed E-state index contributed by atoms with van der Waals surface area (Å²) in [6.45, 7) is 8.84. The molecule has 0 heterocycles. The van der Waals surface area contributed by atoms with Gasteiger partial charge in [-0.15, -0.1) is 0 Å². The Morgan fingerprint density at radius 2 is 1.83 bits per heavy atom. The van der Waals surface area contributed by atoms with Crippen molar-refractivity contribution in [1.82, 2.24) is 0 Å². The van der Waals surface area contributed by atoms with E-state index in [2.05, 4.69) is 18.7 Å². The molecule has 2 bridgehead atoms. The first kappa shape index (κ1) is 19.6. The third-order valence-electron chi connectivity index (χ3n) is 5.32. The van der Waals surface area contributed by atoms with Crippen LogP contribution in [-0.2, 0) is 18.4 Å². The number of allylic oxidation sites excluding steroid dienone is 2. The van der Waals surface area contributed by atoms with Gasteiger partial charge in [0.2, 0.25) is 0 Å². The molecule has 138 valence electrons. The molecule has 2 aliphatic rings. The topological polar surface area (TPSA) is 65.0 Å². The second kappa shape index (κ2) is 9.13. The third kappa shape index (κ3) is 4.91. The van der Waals surface area contributed by atoms with Crippen molar-refractivity contribution in [2.75, 3.05) is 26.4 Å².